The van der Waals surface area contributed by atoms with E-state index in [0.29, 0.717) is 12.2 Å². The van der Waals surface area contributed by atoms with Crippen LogP contribution in [0.15, 0.2) is 29.2 Å². The van der Waals surface area contributed by atoms with Gasteiger partial charge in [-0.3, -0.25) is 0 Å². The number of halogens is 3. The van der Waals surface area contributed by atoms with Crippen molar-refractivity contribution in [1.82, 2.24) is 0 Å². The summed E-state index contributed by atoms with van der Waals surface area (Å²) in [5.74, 6) is 0. The van der Waals surface area contributed by atoms with Gasteiger partial charge in [0.2, 0.25) is 0 Å². The molecule has 1 aromatic carbocycles. The molecule has 1 fully saturated rings. The van der Waals surface area contributed by atoms with Gasteiger partial charge in [-0.15, -0.1) is 0 Å². The van der Waals surface area contributed by atoms with Crippen molar-refractivity contribution in [3.8, 4) is 0 Å². The molecule has 0 aromatic heterocycles. The van der Waals surface area contributed by atoms with Gasteiger partial charge in [-0.1, -0.05) is 12.1 Å². The molecular weight excluding hydrogens is 330 g/mol. The summed E-state index contributed by atoms with van der Waals surface area (Å²) in [6, 6.07) is 4.59. The van der Waals surface area contributed by atoms with Gasteiger partial charge >= 0.3 is 24.4 Å². The standard InChI is InChI=1S/C9H7F3NO5S2.Li/c10-9(11,12)20(16,17)13-19(14,15)7-3-1-6(2-4-7)8-5-18-8;/h1-4,8H,5H2;/q-1;+1. The molecule has 1 atom stereocenters. The van der Waals surface area contributed by atoms with Gasteiger partial charge in [0.1, 0.15) is 16.1 Å². The summed E-state index contributed by atoms with van der Waals surface area (Å²) < 4.78 is 87.7. The van der Waals surface area contributed by atoms with Gasteiger partial charge in [0.15, 0.2) is 10.0 Å². The number of benzene rings is 1. The monoisotopic (exact) mass is 337 g/mol. The molecule has 1 aliphatic rings. The number of nitrogens with zero attached hydrogens (tertiary/aromatic N) is 1. The Hall–Kier alpha value is -0.573. The van der Waals surface area contributed by atoms with E-state index in [2.05, 4.69) is 0 Å². The number of alkyl halides is 3. The van der Waals surface area contributed by atoms with Crippen LogP contribution < -0.4 is 18.9 Å². The number of epoxide rings is 1. The van der Waals surface area contributed by atoms with Gasteiger partial charge < -0.3 is 8.86 Å². The van der Waals surface area contributed by atoms with Crippen LogP contribution in [0.5, 0.6) is 0 Å². The van der Waals surface area contributed by atoms with Crippen molar-refractivity contribution in [2.45, 2.75) is 16.5 Å². The Balaban J connectivity index is 0.00000220. The molecule has 2 rings (SSSR count). The molecule has 0 bridgehead atoms. The Labute approximate surface area is 130 Å². The zero-order chi connectivity index (χ0) is 15.2. The maximum Gasteiger partial charge on any atom is 1.00 e. The molecule has 0 spiro atoms. The molecule has 1 aliphatic heterocycles. The van der Waals surface area contributed by atoms with E-state index in [4.69, 9.17) is 4.74 Å². The third-order valence-corrected chi connectivity index (χ3v) is 5.39. The number of hydrogen-bond donors (Lipinski definition) is 0. The molecule has 0 saturated carbocycles. The largest absolute Gasteiger partial charge is 1.00 e. The molecule has 1 heterocycles. The smallest absolute Gasteiger partial charge is 0.424 e. The van der Waals surface area contributed by atoms with Crippen LogP contribution in [-0.2, 0) is 24.8 Å². The maximum atomic E-state index is 12.1. The van der Waals surface area contributed by atoms with Gasteiger partial charge in [-0.2, -0.15) is 13.2 Å². The van der Waals surface area contributed by atoms with Crippen LogP contribution in [0.1, 0.15) is 11.7 Å². The van der Waals surface area contributed by atoms with Gasteiger partial charge in [0.25, 0.3) is 0 Å². The topological polar surface area (TPSA) is 94.9 Å². The van der Waals surface area contributed by atoms with Gasteiger partial charge in [-0.25, -0.2) is 16.8 Å². The summed E-state index contributed by atoms with van der Waals surface area (Å²) in [6.45, 7) is 0.471. The second kappa shape index (κ2) is 5.90. The van der Waals surface area contributed by atoms with Crippen LogP contribution in [0, 0.1) is 0 Å². The average molecular weight is 337 g/mol. The quantitative estimate of drug-likeness (QED) is 0.501. The van der Waals surface area contributed by atoms with E-state index < -0.39 is 30.5 Å². The molecule has 0 N–H and O–H groups in total. The summed E-state index contributed by atoms with van der Waals surface area (Å²) in [7, 11) is -11.1. The molecule has 12 heteroatoms. The predicted molar refractivity (Wildman–Crippen MR) is 60.7 cm³/mol. The number of rotatable bonds is 4. The van der Waals surface area contributed by atoms with E-state index >= 15 is 0 Å². The fourth-order valence-electron chi connectivity index (χ4n) is 1.31. The minimum absolute atomic E-state index is 0. The van der Waals surface area contributed by atoms with E-state index in [-0.39, 0.29) is 25.0 Å². The average Bonchev–Trinajstić information content (AvgIpc) is 3.10. The van der Waals surface area contributed by atoms with E-state index in [0.717, 1.165) is 12.1 Å². The molecule has 0 radical (unpaired) electrons. The first kappa shape index (κ1) is 18.5. The van der Waals surface area contributed by atoms with Crippen molar-refractivity contribution < 1.29 is 53.6 Å². The van der Waals surface area contributed by atoms with Crippen LogP contribution >= 0.6 is 0 Å². The molecule has 112 valence electrons. The Morgan fingerprint density at radius 2 is 1.57 bits per heavy atom. The van der Waals surface area contributed by atoms with Crippen molar-refractivity contribution in [2.75, 3.05) is 6.61 Å². The van der Waals surface area contributed by atoms with Crippen LogP contribution in [0.4, 0.5) is 13.2 Å². The van der Waals surface area contributed by atoms with Crippen molar-refractivity contribution in [1.29, 1.82) is 0 Å². The predicted octanol–water partition coefficient (Wildman–Crippen LogP) is -1.33. The van der Waals surface area contributed by atoms with Crippen LogP contribution in [0.2, 0.25) is 0 Å². The number of ether oxygens (including phenoxy) is 1. The normalized spacial score (nSPS) is 18.9. The molecule has 6 nitrogen and oxygen atoms in total. The molecule has 21 heavy (non-hydrogen) atoms. The summed E-state index contributed by atoms with van der Waals surface area (Å²) in [5, 5.41) is 0. The van der Waals surface area contributed by atoms with Crippen LogP contribution in [-0.4, -0.2) is 29.0 Å². The molecule has 1 unspecified atom stereocenters. The Morgan fingerprint density at radius 3 is 1.95 bits per heavy atom. The second-order valence-electron chi connectivity index (χ2n) is 3.86. The summed E-state index contributed by atoms with van der Waals surface area (Å²) in [5.41, 5.74) is -5.12. The SMILES string of the molecule is O=S(=O)([N-]S(=O)(=O)C(F)(F)F)c1ccc(C2CO2)cc1.[Li+]. The zero-order valence-corrected chi connectivity index (χ0v) is 12.2. The number of hydrogen-bond acceptors (Lipinski definition) is 5. The van der Waals surface area contributed by atoms with E-state index in [1.165, 1.54) is 12.1 Å². The van der Waals surface area contributed by atoms with E-state index in [1.54, 1.807) is 0 Å². The fraction of sp³-hybridized carbons (Fsp3) is 0.333. The van der Waals surface area contributed by atoms with E-state index in [9.17, 15) is 30.0 Å². The third kappa shape index (κ3) is 4.21. The van der Waals surface area contributed by atoms with Crippen LogP contribution in [0.3, 0.4) is 0 Å². The maximum absolute atomic E-state index is 12.1. The first-order valence-electron chi connectivity index (χ1n) is 5.05. The minimum Gasteiger partial charge on any atom is -0.424 e. The summed E-state index contributed by atoms with van der Waals surface area (Å²) in [6.07, 6.45) is -0.164. The molecule has 0 amide bonds. The number of sulfonamides is 2. The van der Waals surface area contributed by atoms with Crippen molar-refractivity contribution >= 4 is 20.0 Å². The van der Waals surface area contributed by atoms with Crippen molar-refractivity contribution in [3.05, 3.63) is 34.0 Å². The minimum atomic E-state index is -6.11. The first-order valence-corrected chi connectivity index (χ1v) is 7.93. The Kier molecular flexibility index (Phi) is 5.19. The second-order valence-corrected chi connectivity index (χ2v) is 7.29. The Morgan fingerprint density at radius 1 is 1.10 bits per heavy atom. The summed E-state index contributed by atoms with van der Waals surface area (Å²) in [4.78, 5) is -0.644. The van der Waals surface area contributed by atoms with E-state index in [1.807, 2.05) is 4.13 Å². The Bertz CT molecular complexity index is 711. The third-order valence-electron chi connectivity index (χ3n) is 2.37. The molecule has 1 aromatic rings. The van der Waals surface area contributed by atoms with Crippen LogP contribution in [0.25, 0.3) is 4.13 Å². The van der Waals surface area contributed by atoms with Gasteiger partial charge in [-0.05, 0) is 17.7 Å². The fourth-order valence-corrected chi connectivity index (χ4v) is 3.51. The zero-order valence-electron chi connectivity index (χ0n) is 10.5. The summed E-state index contributed by atoms with van der Waals surface area (Å²) >= 11 is 0. The van der Waals surface area contributed by atoms with Gasteiger partial charge in [0.05, 0.1) is 6.61 Å². The van der Waals surface area contributed by atoms with Gasteiger partial charge in [0, 0.05) is 4.90 Å². The molecular formula is C9H7F3LiNO5S2. The van der Waals surface area contributed by atoms with Crippen molar-refractivity contribution in [3.63, 3.8) is 0 Å². The van der Waals surface area contributed by atoms with Crippen molar-refractivity contribution in [2.24, 2.45) is 0 Å². The molecule has 1 saturated heterocycles. The first-order chi connectivity index (χ1) is 9.03. The molecule has 0 aliphatic carbocycles.